The summed E-state index contributed by atoms with van der Waals surface area (Å²) in [6.45, 7) is 0. The normalized spacial score (nSPS) is 22.4. The van der Waals surface area contributed by atoms with Crippen molar-refractivity contribution in [3.05, 3.63) is 35.9 Å². The average molecular weight is 276 g/mol. The summed E-state index contributed by atoms with van der Waals surface area (Å²) in [6.07, 6.45) is 0.585. The molecule has 1 N–H and O–H groups in total. The predicted molar refractivity (Wildman–Crippen MR) is 69.9 cm³/mol. The first-order chi connectivity index (χ1) is 9.52. The number of carbonyl (C=O) groups is 3. The van der Waals surface area contributed by atoms with Crippen molar-refractivity contribution in [2.24, 2.45) is 0 Å². The van der Waals surface area contributed by atoms with Crippen LogP contribution in [0, 0.1) is 0 Å². The Hall–Kier alpha value is -2.17. The summed E-state index contributed by atoms with van der Waals surface area (Å²) in [4.78, 5) is 34.0. The molecule has 0 amide bonds. The van der Waals surface area contributed by atoms with E-state index in [-0.39, 0.29) is 25.0 Å². The minimum Gasteiger partial charge on any atom is -0.481 e. The minimum absolute atomic E-state index is 0.0136. The molecule has 5 nitrogen and oxygen atoms in total. The molecule has 0 saturated carbocycles. The summed E-state index contributed by atoms with van der Waals surface area (Å²) in [6, 6.07) is 9.04. The molecule has 1 aliphatic heterocycles. The molecular weight excluding hydrogens is 260 g/mol. The first kappa shape index (κ1) is 14.2. The average Bonchev–Trinajstić information content (AvgIpc) is 2.38. The van der Waals surface area contributed by atoms with Crippen molar-refractivity contribution in [2.45, 2.75) is 37.7 Å². The molecule has 1 aromatic carbocycles. The van der Waals surface area contributed by atoms with Crippen LogP contribution in [0.4, 0.5) is 0 Å². The third kappa shape index (κ3) is 3.23. The Morgan fingerprint density at radius 1 is 1.25 bits per heavy atom. The Morgan fingerprint density at radius 2 is 1.95 bits per heavy atom. The summed E-state index contributed by atoms with van der Waals surface area (Å²) in [5, 5.41) is 8.73. The summed E-state index contributed by atoms with van der Waals surface area (Å²) in [5.41, 5.74) is -0.268. The predicted octanol–water partition coefficient (Wildman–Crippen LogP) is 2.04. The number of carbonyl (C=O) groups excluding carboxylic acids is 2. The monoisotopic (exact) mass is 276 g/mol. The Balaban J connectivity index is 2.25. The van der Waals surface area contributed by atoms with E-state index in [9.17, 15) is 14.4 Å². The van der Waals surface area contributed by atoms with Gasteiger partial charge in [-0.1, -0.05) is 30.3 Å². The quantitative estimate of drug-likeness (QED) is 0.657. The van der Waals surface area contributed by atoms with E-state index >= 15 is 0 Å². The van der Waals surface area contributed by atoms with Gasteiger partial charge in [-0.15, -0.1) is 0 Å². The molecule has 2 rings (SSSR count). The van der Waals surface area contributed by atoms with Crippen LogP contribution >= 0.6 is 0 Å². The highest BCUT2D eigenvalue weighted by molar-refractivity contribution is 5.98. The van der Waals surface area contributed by atoms with Crippen LogP contribution in [0.3, 0.4) is 0 Å². The van der Waals surface area contributed by atoms with Gasteiger partial charge in [-0.05, 0) is 18.4 Å². The van der Waals surface area contributed by atoms with Gasteiger partial charge in [0, 0.05) is 6.42 Å². The molecule has 106 valence electrons. The molecule has 1 aromatic rings. The maximum absolute atomic E-state index is 11.7. The molecule has 1 aliphatic rings. The van der Waals surface area contributed by atoms with Gasteiger partial charge in [0.1, 0.15) is 17.8 Å². The van der Waals surface area contributed by atoms with Crippen molar-refractivity contribution in [1.29, 1.82) is 0 Å². The van der Waals surface area contributed by atoms with E-state index in [0.29, 0.717) is 12.8 Å². The van der Waals surface area contributed by atoms with Crippen LogP contribution in [0.2, 0.25) is 0 Å². The Kier molecular flexibility index (Phi) is 4.17. The topological polar surface area (TPSA) is 80.7 Å². The van der Waals surface area contributed by atoms with E-state index in [1.807, 2.05) is 6.07 Å². The fourth-order valence-corrected chi connectivity index (χ4v) is 2.54. The number of Topliss-reactive ketones (excluding diaryl/α,β-unsaturated/α-hetero) is 1. The molecule has 1 saturated heterocycles. The molecule has 5 heteroatoms. The van der Waals surface area contributed by atoms with Crippen LogP contribution in [-0.4, -0.2) is 22.8 Å². The molecule has 0 radical (unpaired) electrons. The summed E-state index contributed by atoms with van der Waals surface area (Å²) in [7, 11) is 0. The number of carboxylic acids is 1. The number of hydrogen-bond donors (Lipinski definition) is 1. The number of ketones is 1. The van der Waals surface area contributed by atoms with Crippen LogP contribution in [0.25, 0.3) is 0 Å². The van der Waals surface area contributed by atoms with Gasteiger partial charge in [-0.3, -0.25) is 14.4 Å². The SMILES string of the molecule is O=C(O)CCCC1(c2ccccc2)CC(=O)CC(=O)O1. The van der Waals surface area contributed by atoms with E-state index in [1.165, 1.54) is 0 Å². The van der Waals surface area contributed by atoms with Crippen molar-refractivity contribution in [3.8, 4) is 0 Å². The van der Waals surface area contributed by atoms with Gasteiger partial charge in [0.15, 0.2) is 0 Å². The highest BCUT2D eigenvalue weighted by Crippen LogP contribution is 2.38. The lowest BCUT2D eigenvalue weighted by molar-refractivity contribution is -0.173. The summed E-state index contributed by atoms with van der Waals surface area (Å²) >= 11 is 0. The molecule has 0 aliphatic carbocycles. The van der Waals surface area contributed by atoms with Crippen molar-refractivity contribution in [2.75, 3.05) is 0 Å². The van der Waals surface area contributed by atoms with Gasteiger partial charge < -0.3 is 9.84 Å². The molecule has 1 unspecified atom stereocenters. The lowest BCUT2D eigenvalue weighted by Gasteiger charge is -2.36. The zero-order valence-electron chi connectivity index (χ0n) is 11.0. The second kappa shape index (κ2) is 5.86. The molecule has 0 aromatic heterocycles. The molecule has 1 atom stereocenters. The number of rotatable bonds is 5. The van der Waals surface area contributed by atoms with Crippen molar-refractivity contribution >= 4 is 17.7 Å². The molecular formula is C15H16O5. The first-order valence-electron chi connectivity index (χ1n) is 6.53. The van der Waals surface area contributed by atoms with Gasteiger partial charge in [0.05, 0.1) is 6.42 Å². The molecule has 20 heavy (non-hydrogen) atoms. The standard InChI is InChI=1S/C15H16O5/c16-12-9-14(19)20-15(10-12,8-4-7-13(17)18)11-5-2-1-3-6-11/h1-3,5-6H,4,7-10H2,(H,17,18). The summed E-state index contributed by atoms with van der Waals surface area (Å²) < 4.78 is 5.46. The highest BCUT2D eigenvalue weighted by Gasteiger charge is 2.42. The maximum Gasteiger partial charge on any atom is 0.314 e. The van der Waals surface area contributed by atoms with Crippen LogP contribution in [0.1, 0.15) is 37.7 Å². The van der Waals surface area contributed by atoms with Crippen LogP contribution < -0.4 is 0 Å². The third-order valence-electron chi connectivity index (χ3n) is 3.40. The Labute approximate surface area is 116 Å². The lowest BCUT2D eigenvalue weighted by Crippen LogP contribution is -2.40. The molecule has 0 bridgehead atoms. The third-order valence-corrected chi connectivity index (χ3v) is 3.40. The van der Waals surface area contributed by atoms with E-state index < -0.39 is 17.5 Å². The van der Waals surface area contributed by atoms with Crippen LogP contribution in [-0.2, 0) is 24.7 Å². The van der Waals surface area contributed by atoms with Gasteiger partial charge in [0.25, 0.3) is 0 Å². The zero-order chi connectivity index (χ0) is 14.6. The first-order valence-corrected chi connectivity index (χ1v) is 6.53. The molecule has 0 spiro atoms. The minimum atomic E-state index is -1.01. The van der Waals surface area contributed by atoms with E-state index in [1.54, 1.807) is 24.3 Å². The zero-order valence-corrected chi connectivity index (χ0v) is 11.0. The van der Waals surface area contributed by atoms with Gasteiger partial charge in [0.2, 0.25) is 0 Å². The van der Waals surface area contributed by atoms with E-state index in [0.717, 1.165) is 5.56 Å². The van der Waals surface area contributed by atoms with E-state index in [4.69, 9.17) is 9.84 Å². The smallest absolute Gasteiger partial charge is 0.314 e. The van der Waals surface area contributed by atoms with Crippen molar-refractivity contribution in [1.82, 2.24) is 0 Å². The summed E-state index contributed by atoms with van der Waals surface area (Å²) in [5.74, 6) is -1.61. The highest BCUT2D eigenvalue weighted by atomic mass is 16.6. The Bertz CT molecular complexity index is 504. The van der Waals surface area contributed by atoms with Gasteiger partial charge >= 0.3 is 11.9 Å². The molecule has 1 heterocycles. The van der Waals surface area contributed by atoms with Crippen molar-refractivity contribution in [3.63, 3.8) is 0 Å². The lowest BCUT2D eigenvalue weighted by atomic mass is 9.81. The maximum atomic E-state index is 11.7. The van der Waals surface area contributed by atoms with Crippen molar-refractivity contribution < 1.29 is 24.2 Å². The van der Waals surface area contributed by atoms with Gasteiger partial charge in [-0.25, -0.2) is 0 Å². The number of aliphatic carboxylic acids is 1. The second-order valence-corrected chi connectivity index (χ2v) is 4.97. The number of carboxylic acid groups (broad SMARTS) is 1. The molecule has 1 fully saturated rings. The van der Waals surface area contributed by atoms with Crippen LogP contribution in [0.5, 0.6) is 0 Å². The number of ether oxygens (including phenoxy) is 1. The largest absolute Gasteiger partial charge is 0.481 e. The number of esters is 1. The fourth-order valence-electron chi connectivity index (χ4n) is 2.54. The van der Waals surface area contributed by atoms with Gasteiger partial charge in [-0.2, -0.15) is 0 Å². The second-order valence-electron chi connectivity index (χ2n) is 4.97. The van der Waals surface area contributed by atoms with Crippen LogP contribution in [0.15, 0.2) is 30.3 Å². The van der Waals surface area contributed by atoms with E-state index in [2.05, 4.69) is 0 Å². The fraction of sp³-hybridized carbons (Fsp3) is 0.400. The Morgan fingerprint density at radius 3 is 2.55 bits per heavy atom. The number of cyclic esters (lactones) is 1. The number of benzene rings is 1. The number of hydrogen-bond acceptors (Lipinski definition) is 4.